The van der Waals surface area contributed by atoms with E-state index < -0.39 is 17.8 Å². The van der Waals surface area contributed by atoms with Crippen LogP contribution in [-0.2, 0) is 17.5 Å². The minimum absolute atomic E-state index is 0.00875. The topological polar surface area (TPSA) is 53.6 Å². The van der Waals surface area contributed by atoms with Crippen LogP contribution in [0.5, 0.6) is 0 Å². The summed E-state index contributed by atoms with van der Waals surface area (Å²) in [6, 6.07) is 13.9. The molecule has 3 rings (SSSR count). The molecule has 0 aromatic heterocycles. The highest BCUT2D eigenvalue weighted by molar-refractivity contribution is 5.74. The van der Waals surface area contributed by atoms with E-state index in [0.717, 1.165) is 30.8 Å². The van der Waals surface area contributed by atoms with Gasteiger partial charge in [0.15, 0.2) is 0 Å². The maximum Gasteiger partial charge on any atom is 0.416 e. The summed E-state index contributed by atoms with van der Waals surface area (Å²) in [7, 11) is 0. The first kappa shape index (κ1) is 21.1. The molecule has 0 spiro atoms. The van der Waals surface area contributed by atoms with Crippen molar-refractivity contribution in [3.8, 4) is 0 Å². The molecule has 2 aromatic carbocycles. The van der Waals surface area contributed by atoms with Crippen LogP contribution in [0.4, 0.5) is 18.0 Å². The average molecular weight is 407 g/mol. The minimum Gasteiger partial charge on any atom is -0.379 e. The van der Waals surface area contributed by atoms with Crippen LogP contribution in [-0.4, -0.2) is 43.8 Å². The van der Waals surface area contributed by atoms with Gasteiger partial charge < -0.3 is 15.4 Å². The lowest BCUT2D eigenvalue weighted by Gasteiger charge is -2.31. The van der Waals surface area contributed by atoms with Gasteiger partial charge >= 0.3 is 12.2 Å². The number of alkyl halides is 3. The van der Waals surface area contributed by atoms with Crippen LogP contribution in [0.15, 0.2) is 54.6 Å². The predicted octanol–water partition coefficient (Wildman–Crippen LogP) is 3.58. The summed E-state index contributed by atoms with van der Waals surface area (Å²) in [4.78, 5) is 14.7. The van der Waals surface area contributed by atoms with Gasteiger partial charge in [-0.1, -0.05) is 42.5 Å². The largest absolute Gasteiger partial charge is 0.416 e. The van der Waals surface area contributed by atoms with Crippen LogP contribution in [0, 0.1) is 0 Å². The van der Waals surface area contributed by atoms with E-state index in [2.05, 4.69) is 15.5 Å². The summed E-state index contributed by atoms with van der Waals surface area (Å²) in [5.74, 6) is 0. The van der Waals surface area contributed by atoms with E-state index in [4.69, 9.17) is 4.74 Å². The number of hydrogen-bond acceptors (Lipinski definition) is 3. The molecule has 29 heavy (non-hydrogen) atoms. The molecule has 1 fully saturated rings. The second kappa shape index (κ2) is 9.76. The molecule has 0 saturated carbocycles. The number of amides is 2. The van der Waals surface area contributed by atoms with Crippen molar-refractivity contribution < 1.29 is 22.7 Å². The smallest absolute Gasteiger partial charge is 0.379 e. The molecule has 1 heterocycles. The molecule has 1 saturated heterocycles. The fourth-order valence-corrected chi connectivity index (χ4v) is 3.21. The molecule has 2 aromatic rings. The van der Waals surface area contributed by atoms with E-state index in [1.54, 1.807) is 6.07 Å². The molecule has 5 nitrogen and oxygen atoms in total. The standard InChI is InChI=1S/C21H24F3N3O2/c22-21(23,24)18-8-4-5-16(13-18)14-25-20(28)26-19(17-6-2-1-3-7-17)15-27-9-11-29-12-10-27/h1-8,13,19H,9-12,14-15H2,(H2,25,26,28)/t19-/m1/s1. The van der Waals surface area contributed by atoms with Crippen molar-refractivity contribution in [1.82, 2.24) is 15.5 Å². The van der Waals surface area contributed by atoms with Crippen molar-refractivity contribution in [3.63, 3.8) is 0 Å². The third-order valence-corrected chi connectivity index (χ3v) is 4.76. The average Bonchev–Trinajstić information content (AvgIpc) is 2.73. The van der Waals surface area contributed by atoms with Gasteiger partial charge in [0.05, 0.1) is 24.8 Å². The van der Waals surface area contributed by atoms with Gasteiger partial charge in [0.1, 0.15) is 0 Å². The molecule has 8 heteroatoms. The Morgan fingerprint density at radius 2 is 1.79 bits per heavy atom. The molecule has 2 N–H and O–H groups in total. The normalized spacial score (nSPS) is 16.2. The van der Waals surface area contributed by atoms with Crippen molar-refractivity contribution in [1.29, 1.82) is 0 Å². The molecule has 0 bridgehead atoms. The second-order valence-corrected chi connectivity index (χ2v) is 6.90. The highest BCUT2D eigenvalue weighted by atomic mass is 19.4. The molecule has 0 aliphatic carbocycles. The van der Waals surface area contributed by atoms with E-state index in [1.165, 1.54) is 6.07 Å². The van der Waals surface area contributed by atoms with Crippen LogP contribution in [0.2, 0.25) is 0 Å². The zero-order chi connectivity index (χ0) is 20.7. The molecule has 1 aliphatic heterocycles. The van der Waals surface area contributed by atoms with Crippen molar-refractivity contribution in [2.75, 3.05) is 32.8 Å². The second-order valence-electron chi connectivity index (χ2n) is 6.90. The Bertz CT molecular complexity index is 793. The summed E-state index contributed by atoms with van der Waals surface area (Å²) in [5.41, 5.74) is 0.624. The Kier molecular flexibility index (Phi) is 7.11. The van der Waals surface area contributed by atoms with Crippen LogP contribution in [0.25, 0.3) is 0 Å². The van der Waals surface area contributed by atoms with E-state index in [1.807, 2.05) is 30.3 Å². The summed E-state index contributed by atoms with van der Waals surface area (Å²) in [6.45, 7) is 3.53. The molecular formula is C21H24F3N3O2. The lowest BCUT2D eigenvalue weighted by atomic mass is 10.1. The van der Waals surface area contributed by atoms with Crippen LogP contribution in [0.1, 0.15) is 22.7 Å². The van der Waals surface area contributed by atoms with Crippen molar-refractivity contribution in [3.05, 3.63) is 71.3 Å². The predicted molar refractivity (Wildman–Crippen MR) is 103 cm³/mol. The fraction of sp³-hybridized carbons (Fsp3) is 0.381. The molecule has 156 valence electrons. The van der Waals surface area contributed by atoms with Crippen molar-refractivity contribution in [2.45, 2.75) is 18.8 Å². The lowest BCUT2D eigenvalue weighted by Crippen LogP contribution is -2.45. The van der Waals surface area contributed by atoms with Gasteiger partial charge in [0, 0.05) is 26.2 Å². The first-order valence-corrected chi connectivity index (χ1v) is 9.47. The SMILES string of the molecule is O=C(NCc1cccc(C(F)(F)F)c1)N[C@H](CN1CCOCC1)c1ccccc1. The zero-order valence-corrected chi connectivity index (χ0v) is 15.9. The van der Waals surface area contributed by atoms with E-state index in [-0.39, 0.29) is 12.6 Å². The Morgan fingerprint density at radius 1 is 1.07 bits per heavy atom. The summed E-state index contributed by atoms with van der Waals surface area (Å²) in [6.07, 6.45) is -4.41. The number of rotatable bonds is 6. The number of halogens is 3. The molecule has 1 atom stereocenters. The molecule has 0 radical (unpaired) electrons. The van der Waals surface area contributed by atoms with Gasteiger partial charge in [-0.15, -0.1) is 0 Å². The Hall–Kier alpha value is -2.58. The third-order valence-electron chi connectivity index (χ3n) is 4.76. The van der Waals surface area contributed by atoms with Gasteiger partial charge in [0.25, 0.3) is 0 Å². The fourth-order valence-electron chi connectivity index (χ4n) is 3.21. The maximum atomic E-state index is 12.8. The van der Waals surface area contributed by atoms with Crippen LogP contribution in [0.3, 0.4) is 0 Å². The number of carbonyl (C=O) groups is 1. The number of hydrogen-bond donors (Lipinski definition) is 2. The van der Waals surface area contributed by atoms with E-state index >= 15 is 0 Å². The Morgan fingerprint density at radius 3 is 2.48 bits per heavy atom. The van der Waals surface area contributed by atoms with Gasteiger partial charge in [-0.05, 0) is 23.3 Å². The molecule has 2 amide bonds. The van der Waals surface area contributed by atoms with Gasteiger partial charge in [-0.25, -0.2) is 4.79 Å². The summed E-state index contributed by atoms with van der Waals surface area (Å²) >= 11 is 0. The first-order chi connectivity index (χ1) is 13.9. The van der Waals surface area contributed by atoms with Crippen molar-refractivity contribution >= 4 is 6.03 Å². The summed E-state index contributed by atoms with van der Waals surface area (Å²) in [5, 5.41) is 5.60. The Labute approximate surface area is 167 Å². The Balaban J connectivity index is 1.61. The number of nitrogens with zero attached hydrogens (tertiary/aromatic N) is 1. The van der Waals surface area contributed by atoms with E-state index in [9.17, 15) is 18.0 Å². The molecule has 0 unspecified atom stereocenters. The van der Waals surface area contributed by atoms with Gasteiger partial charge in [-0.3, -0.25) is 4.90 Å². The number of carbonyl (C=O) groups excluding carboxylic acids is 1. The van der Waals surface area contributed by atoms with Crippen LogP contribution < -0.4 is 10.6 Å². The quantitative estimate of drug-likeness (QED) is 0.770. The van der Waals surface area contributed by atoms with E-state index in [0.29, 0.717) is 25.3 Å². The molecular weight excluding hydrogens is 383 g/mol. The minimum atomic E-state index is -4.41. The highest BCUT2D eigenvalue weighted by Gasteiger charge is 2.30. The summed E-state index contributed by atoms with van der Waals surface area (Å²) < 4.78 is 43.9. The highest BCUT2D eigenvalue weighted by Crippen LogP contribution is 2.29. The van der Waals surface area contributed by atoms with Crippen LogP contribution >= 0.6 is 0 Å². The number of nitrogens with one attached hydrogen (secondary N) is 2. The molecule has 1 aliphatic rings. The first-order valence-electron chi connectivity index (χ1n) is 9.47. The number of urea groups is 1. The van der Waals surface area contributed by atoms with Crippen molar-refractivity contribution in [2.24, 2.45) is 0 Å². The zero-order valence-electron chi connectivity index (χ0n) is 15.9. The lowest BCUT2D eigenvalue weighted by molar-refractivity contribution is -0.137. The maximum absolute atomic E-state index is 12.8. The number of morpholine rings is 1. The number of ether oxygens (including phenoxy) is 1. The monoisotopic (exact) mass is 407 g/mol. The number of benzene rings is 2. The van der Waals surface area contributed by atoms with Gasteiger partial charge in [0.2, 0.25) is 0 Å². The third kappa shape index (κ3) is 6.47. The van der Waals surface area contributed by atoms with Gasteiger partial charge in [-0.2, -0.15) is 13.2 Å².